The van der Waals surface area contributed by atoms with Crippen LogP contribution in [-0.4, -0.2) is 12.3 Å². The number of rotatable bonds is 5. The van der Waals surface area contributed by atoms with Gasteiger partial charge in [0.15, 0.2) is 0 Å². The molecule has 1 unspecified atom stereocenters. The summed E-state index contributed by atoms with van der Waals surface area (Å²) in [4.78, 5) is 12.9. The number of carbonyl (C=O) groups excluding carboxylic acids is 1. The summed E-state index contributed by atoms with van der Waals surface area (Å²) in [6.07, 6.45) is 1.49. The first-order valence-corrected chi connectivity index (χ1v) is 6.16. The molecule has 0 bridgehead atoms. The lowest BCUT2D eigenvalue weighted by Gasteiger charge is -2.30. The third-order valence-corrected chi connectivity index (χ3v) is 2.95. The summed E-state index contributed by atoms with van der Waals surface area (Å²) in [6, 6.07) is 20.4. The maximum absolute atomic E-state index is 10.8. The molecule has 0 heterocycles. The molecule has 0 amide bonds. The Kier molecular flexibility index (Phi) is 4.13. The van der Waals surface area contributed by atoms with Gasteiger partial charge in [0.1, 0.15) is 6.29 Å². The molecule has 0 aliphatic heterocycles. The molecule has 0 radical (unpaired) electrons. The molecule has 0 fully saturated rings. The van der Waals surface area contributed by atoms with E-state index in [9.17, 15) is 4.79 Å². The van der Waals surface area contributed by atoms with Gasteiger partial charge in [0, 0.05) is 23.8 Å². The molecule has 0 aliphatic rings. The van der Waals surface area contributed by atoms with Crippen LogP contribution in [0.25, 0.3) is 0 Å². The van der Waals surface area contributed by atoms with Crippen LogP contribution >= 0.6 is 0 Å². The van der Waals surface area contributed by atoms with Crippen molar-refractivity contribution in [2.75, 3.05) is 4.90 Å². The average molecular weight is 239 g/mol. The Morgan fingerprint density at radius 2 is 1.39 bits per heavy atom. The summed E-state index contributed by atoms with van der Waals surface area (Å²) in [5.74, 6) is 0. The highest BCUT2D eigenvalue weighted by Gasteiger charge is 2.15. The van der Waals surface area contributed by atoms with Crippen LogP contribution in [-0.2, 0) is 4.79 Å². The summed E-state index contributed by atoms with van der Waals surface area (Å²) in [5, 5.41) is 0. The molecule has 0 spiro atoms. The zero-order valence-electron chi connectivity index (χ0n) is 10.5. The molecule has 18 heavy (non-hydrogen) atoms. The summed E-state index contributed by atoms with van der Waals surface area (Å²) < 4.78 is 0. The van der Waals surface area contributed by atoms with Gasteiger partial charge < -0.3 is 9.69 Å². The fourth-order valence-electron chi connectivity index (χ4n) is 2.08. The van der Waals surface area contributed by atoms with Gasteiger partial charge in [0.05, 0.1) is 0 Å². The van der Waals surface area contributed by atoms with Gasteiger partial charge in [-0.3, -0.25) is 0 Å². The predicted octanol–water partition coefficient (Wildman–Crippen LogP) is 3.80. The molecule has 2 nitrogen and oxygen atoms in total. The minimum absolute atomic E-state index is 0.146. The van der Waals surface area contributed by atoms with E-state index >= 15 is 0 Å². The highest BCUT2D eigenvalue weighted by Crippen LogP contribution is 2.28. The molecule has 2 aromatic carbocycles. The first-order chi connectivity index (χ1) is 8.83. The smallest absolute Gasteiger partial charge is 0.122 e. The molecule has 0 saturated carbocycles. The lowest BCUT2D eigenvalue weighted by molar-refractivity contribution is -0.108. The number of benzene rings is 2. The van der Waals surface area contributed by atoms with E-state index in [-0.39, 0.29) is 6.04 Å². The minimum Gasteiger partial charge on any atom is -0.338 e. The Hall–Kier alpha value is -2.09. The largest absolute Gasteiger partial charge is 0.338 e. The molecule has 2 rings (SSSR count). The van der Waals surface area contributed by atoms with Crippen LogP contribution in [0.3, 0.4) is 0 Å². The van der Waals surface area contributed by atoms with Crippen LogP contribution in [0, 0.1) is 0 Å². The first kappa shape index (κ1) is 12.4. The molecule has 0 aromatic heterocycles. The van der Waals surface area contributed by atoms with Crippen LogP contribution < -0.4 is 4.90 Å². The fraction of sp³-hybridized carbons (Fsp3) is 0.188. The van der Waals surface area contributed by atoms with Crippen molar-refractivity contribution in [3.05, 3.63) is 60.7 Å². The third-order valence-electron chi connectivity index (χ3n) is 2.95. The monoisotopic (exact) mass is 239 g/mol. The summed E-state index contributed by atoms with van der Waals surface area (Å²) >= 11 is 0. The van der Waals surface area contributed by atoms with E-state index in [1.165, 1.54) is 0 Å². The van der Waals surface area contributed by atoms with Crippen molar-refractivity contribution >= 4 is 17.7 Å². The lowest BCUT2D eigenvalue weighted by atomic mass is 10.1. The van der Waals surface area contributed by atoms with Crippen molar-refractivity contribution in [2.24, 2.45) is 0 Å². The van der Waals surface area contributed by atoms with Crippen molar-refractivity contribution in [2.45, 2.75) is 19.4 Å². The molecule has 1 atom stereocenters. The van der Waals surface area contributed by atoms with Gasteiger partial charge in [-0.1, -0.05) is 36.4 Å². The van der Waals surface area contributed by atoms with E-state index in [0.717, 1.165) is 17.7 Å². The quantitative estimate of drug-likeness (QED) is 0.740. The molecule has 0 saturated heterocycles. The molecule has 2 heteroatoms. The topological polar surface area (TPSA) is 20.3 Å². The molecule has 0 N–H and O–H groups in total. The Balaban J connectivity index is 2.38. The molecular formula is C16H17NO. The SMILES string of the molecule is CC(CC=O)N(c1ccccc1)c1ccccc1. The Bertz CT molecular complexity index is 441. The molecule has 92 valence electrons. The van der Waals surface area contributed by atoms with Crippen molar-refractivity contribution in [1.82, 2.24) is 0 Å². The third kappa shape index (κ3) is 2.77. The van der Waals surface area contributed by atoms with Crippen LogP contribution in [0.1, 0.15) is 13.3 Å². The van der Waals surface area contributed by atoms with E-state index in [1.807, 2.05) is 36.4 Å². The van der Waals surface area contributed by atoms with E-state index in [0.29, 0.717) is 6.42 Å². The lowest BCUT2D eigenvalue weighted by Crippen LogP contribution is -2.28. The number of aldehydes is 1. The van der Waals surface area contributed by atoms with E-state index < -0.39 is 0 Å². The first-order valence-electron chi connectivity index (χ1n) is 6.16. The van der Waals surface area contributed by atoms with Gasteiger partial charge in [0.25, 0.3) is 0 Å². The van der Waals surface area contributed by atoms with Gasteiger partial charge in [-0.2, -0.15) is 0 Å². The maximum atomic E-state index is 10.8. The van der Waals surface area contributed by atoms with Crippen molar-refractivity contribution in [1.29, 1.82) is 0 Å². The Morgan fingerprint density at radius 3 is 1.78 bits per heavy atom. The summed E-state index contributed by atoms with van der Waals surface area (Å²) in [5.41, 5.74) is 2.22. The number of para-hydroxylation sites is 2. The number of hydrogen-bond donors (Lipinski definition) is 0. The molecular weight excluding hydrogens is 222 g/mol. The highest BCUT2D eigenvalue weighted by molar-refractivity contribution is 5.65. The van der Waals surface area contributed by atoms with Crippen molar-refractivity contribution in [3.8, 4) is 0 Å². The number of anilines is 2. The maximum Gasteiger partial charge on any atom is 0.122 e. The normalized spacial score (nSPS) is 11.8. The van der Waals surface area contributed by atoms with Gasteiger partial charge in [-0.25, -0.2) is 0 Å². The van der Waals surface area contributed by atoms with Crippen LogP contribution in [0.4, 0.5) is 11.4 Å². The second-order valence-electron chi connectivity index (χ2n) is 4.29. The van der Waals surface area contributed by atoms with E-state index in [4.69, 9.17) is 0 Å². The summed E-state index contributed by atoms with van der Waals surface area (Å²) in [6.45, 7) is 2.06. The van der Waals surface area contributed by atoms with Crippen LogP contribution in [0.5, 0.6) is 0 Å². The Morgan fingerprint density at radius 1 is 0.944 bits per heavy atom. The Labute approximate surface area is 108 Å². The number of nitrogens with zero attached hydrogens (tertiary/aromatic N) is 1. The zero-order valence-corrected chi connectivity index (χ0v) is 10.5. The van der Waals surface area contributed by atoms with Crippen LogP contribution in [0.2, 0.25) is 0 Å². The second kappa shape index (κ2) is 6.01. The van der Waals surface area contributed by atoms with Gasteiger partial charge in [0.2, 0.25) is 0 Å². The average Bonchev–Trinajstić information content (AvgIpc) is 2.42. The van der Waals surface area contributed by atoms with Gasteiger partial charge >= 0.3 is 0 Å². The van der Waals surface area contributed by atoms with Crippen molar-refractivity contribution in [3.63, 3.8) is 0 Å². The fourth-order valence-corrected chi connectivity index (χ4v) is 2.08. The van der Waals surface area contributed by atoms with Crippen molar-refractivity contribution < 1.29 is 4.79 Å². The zero-order chi connectivity index (χ0) is 12.8. The number of carbonyl (C=O) groups is 1. The van der Waals surface area contributed by atoms with E-state index in [1.54, 1.807) is 0 Å². The second-order valence-corrected chi connectivity index (χ2v) is 4.29. The number of hydrogen-bond acceptors (Lipinski definition) is 2. The van der Waals surface area contributed by atoms with E-state index in [2.05, 4.69) is 36.1 Å². The summed E-state index contributed by atoms with van der Waals surface area (Å²) in [7, 11) is 0. The minimum atomic E-state index is 0.146. The van der Waals surface area contributed by atoms with Gasteiger partial charge in [-0.15, -0.1) is 0 Å². The highest BCUT2D eigenvalue weighted by atomic mass is 16.1. The molecule has 2 aromatic rings. The van der Waals surface area contributed by atoms with Gasteiger partial charge in [-0.05, 0) is 31.2 Å². The van der Waals surface area contributed by atoms with Crippen LogP contribution in [0.15, 0.2) is 60.7 Å². The molecule has 0 aliphatic carbocycles. The standard InChI is InChI=1S/C16H17NO/c1-14(12-13-18)17(15-8-4-2-5-9-15)16-10-6-3-7-11-16/h2-11,13-14H,12H2,1H3. The predicted molar refractivity (Wildman–Crippen MR) is 75.2 cm³/mol.